The number of nitrogens with zero attached hydrogens (tertiary/aromatic N) is 2. The number of piperidine rings is 1. The molecule has 5 nitrogen and oxygen atoms in total. The summed E-state index contributed by atoms with van der Waals surface area (Å²) in [6.07, 6.45) is 5.29. The number of amides is 1. The SMILES string of the molecule is CCC1CCCCN1C(=O)CCc1c(C)nc(C)[nH]c1=O. The van der Waals surface area contributed by atoms with E-state index < -0.39 is 0 Å². The number of rotatable bonds is 4. The molecular weight excluding hydrogens is 266 g/mol. The van der Waals surface area contributed by atoms with Crippen molar-refractivity contribution in [3.8, 4) is 0 Å². The fourth-order valence-electron chi connectivity index (χ4n) is 3.17. The summed E-state index contributed by atoms with van der Waals surface area (Å²) in [7, 11) is 0. The zero-order chi connectivity index (χ0) is 15.4. The molecule has 0 aromatic carbocycles. The number of aryl methyl sites for hydroxylation is 2. The fourth-order valence-corrected chi connectivity index (χ4v) is 3.17. The number of carbonyl (C=O) groups excluding carboxylic acids is 1. The molecule has 1 aromatic heterocycles. The van der Waals surface area contributed by atoms with E-state index in [1.54, 1.807) is 6.92 Å². The smallest absolute Gasteiger partial charge is 0.254 e. The molecule has 1 saturated heterocycles. The molecule has 0 radical (unpaired) electrons. The van der Waals surface area contributed by atoms with Gasteiger partial charge in [-0.2, -0.15) is 0 Å². The highest BCUT2D eigenvalue weighted by Gasteiger charge is 2.25. The van der Waals surface area contributed by atoms with Crippen LogP contribution in [0.1, 0.15) is 56.1 Å². The first kappa shape index (κ1) is 15.7. The lowest BCUT2D eigenvalue weighted by atomic mass is 9.99. The number of H-pyrrole nitrogens is 1. The topological polar surface area (TPSA) is 66.1 Å². The van der Waals surface area contributed by atoms with Crippen molar-refractivity contribution < 1.29 is 4.79 Å². The van der Waals surface area contributed by atoms with Crippen LogP contribution in [0.2, 0.25) is 0 Å². The highest BCUT2D eigenvalue weighted by Crippen LogP contribution is 2.20. The molecule has 1 N–H and O–H groups in total. The molecule has 0 spiro atoms. The van der Waals surface area contributed by atoms with Gasteiger partial charge in [-0.3, -0.25) is 9.59 Å². The van der Waals surface area contributed by atoms with Gasteiger partial charge in [0.25, 0.3) is 5.56 Å². The second-order valence-corrected chi connectivity index (χ2v) is 5.86. The Morgan fingerprint density at radius 1 is 1.38 bits per heavy atom. The van der Waals surface area contributed by atoms with Gasteiger partial charge in [0.15, 0.2) is 0 Å². The molecule has 2 heterocycles. The third-order valence-corrected chi connectivity index (χ3v) is 4.35. The van der Waals surface area contributed by atoms with E-state index in [4.69, 9.17) is 0 Å². The molecule has 1 aromatic rings. The number of likely N-dealkylation sites (tertiary alicyclic amines) is 1. The Hall–Kier alpha value is -1.65. The standard InChI is InChI=1S/C16H25N3O2/c1-4-13-7-5-6-10-19(13)15(20)9-8-14-11(2)17-12(3)18-16(14)21/h13H,4-10H2,1-3H3,(H,17,18,21). The highest BCUT2D eigenvalue weighted by atomic mass is 16.2. The van der Waals surface area contributed by atoms with Gasteiger partial charge in [-0.25, -0.2) is 4.98 Å². The Bertz CT molecular complexity index is 565. The summed E-state index contributed by atoms with van der Waals surface area (Å²) in [6, 6.07) is 0.377. The van der Waals surface area contributed by atoms with Crippen LogP contribution in [0.3, 0.4) is 0 Å². The molecule has 1 amide bonds. The van der Waals surface area contributed by atoms with E-state index in [9.17, 15) is 9.59 Å². The summed E-state index contributed by atoms with van der Waals surface area (Å²) in [5.74, 6) is 0.788. The molecule has 21 heavy (non-hydrogen) atoms. The van der Waals surface area contributed by atoms with E-state index in [2.05, 4.69) is 16.9 Å². The third-order valence-electron chi connectivity index (χ3n) is 4.35. The molecule has 1 unspecified atom stereocenters. The summed E-state index contributed by atoms with van der Waals surface area (Å²) in [5.41, 5.74) is 1.26. The molecule has 1 aliphatic heterocycles. The van der Waals surface area contributed by atoms with Crippen LogP contribution in [0.25, 0.3) is 0 Å². The third kappa shape index (κ3) is 3.71. The molecular formula is C16H25N3O2. The molecule has 1 fully saturated rings. The molecule has 5 heteroatoms. The van der Waals surface area contributed by atoms with Crippen LogP contribution >= 0.6 is 0 Å². The van der Waals surface area contributed by atoms with Crippen molar-refractivity contribution in [2.75, 3.05) is 6.54 Å². The average Bonchev–Trinajstić information content (AvgIpc) is 2.45. The van der Waals surface area contributed by atoms with Crippen LogP contribution < -0.4 is 5.56 Å². The molecule has 0 aliphatic carbocycles. The van der Waals surface area contributed by atoms with Crippen LogP contribution in [-0.2, 0) is 11.2 Å². The molecule has 0 bridgehead atoms. The maximum absolute atomic E-state index is 12.4. The molecule has 2 rings (SSSR count). The molecule has 1 atom stereocenters. The number of hydrogen-bond donors (Lipinski definition) is 1. The van der Waals surface area contributed by atoms with Crippen LogP contribution in [0.4, 0.5) is 0 Å². The lowest BCUT2D eigenvalue weighted by Crippen LogP contribution is -2.43. The fraction of sp³-hybridized carbons (Fsp3) is 0.688. The summed E-state index contributed by atoms with van der Waals surface area (Å²) in [6.45, 7) is 6.59. The van der Waals surface area contributed by atoms with Gasteiger partial charge >= 0.3 is 0 Å². The molecule has 1 aliphatic rings. The minimum absolute atomic E-state index is 0.113. The van der Waals surface area contributed by atoms with E-state index in [1.165, 1.54) is 6.42 Å². The van der Waals surface area contributed by atoms with E-state index in [0.29, 0.717) is 30.3 Å². The summed E-state index contributed by atoms with van der Waals surface area (Å²) in [4.78, 5) is 33.4. The van der Waals surface area contributed by atoms with E-state index in [0.717, 1.165) is 31.5 Å². The second kappa shape index (κ2) is 6.87. The largest absolute Gasteiger partial charge is 0.340 e. The Balaban J connectivity index is 2.02. The molecule has 0 saturated carbocycles. The van der Waals surface area contributed by atoms with E-state index in [-0.39, 0.29) is 11.5 Å². The summed E-state index contributed by atoms with van der Waals surface area (Å²) < 4.78 is 0. The zero-order valence-electron chi connectivity index (χ0n) is 13.2. The van der Waals surface area contributed by atoms with Gasteiger partial charge in [0.05, 0.1) is 0 Å². The van der Waals surface area contributed by atoms with Gasteiger partial charge in [-0.15, -0.1) is 0 Å². The van der Waals surface area contributed by atoms with E-state index >= 15 is 0 Å². The normalized spacial score (nSPS) is 18.8. The lowest BCUT2D eigenvalue weighted by Gasteiger charge is -2.35. The van der Waals surface area contributed by atoms with Gasteiger partial charge in [0.1, 0.15) is 5.82 Å². The van der Waals surface area contributed by atoms with Gasteiger partial charge in [-0.05, 0) is 46.0 Å². The first-order valence-electron chi connectivity index (χ1n) is 7.88. The molecule has 116 valence electrons. The van der Waals surface area contributed by atoms with Gasteiger partial charge < -0.3 is 9.88 Å². The van der Waals surface area contributed by atoms with Crippen LogP contribution in [-0.4, -0.2) is 33.4 Å². The van der Waals surface area contributed by atoms with Crippen molar-refractivity contribution in [1.82, 2.24) is 14.9 Å². The van der Waals surface area contributed by atoms with Gasteiger partial charge in [0, 0.05) is 30.3 Å². The Morgan fingerprint density at radius 2 is 2.14 bits per heavy atom. The van der Waals surface area contributed by atoms with Crippen LogP contribution in [0.15, 0.2) is 4.79 Å². The van der Waals surface area contributed by atoms with Crippen molar-refractivity contribution >= 4 is 5.91 Å². The minimum Gasteiger partial charge on any atom is -0.340 e. The zero-order valence-corrected chi connectivity index (χ0v) is 13.2. The van der Waals surface area contributed by atoms with E-state index in [1.807, 2.05) is 11.8 Å². The number of nitrogens with one attached hydrogen (secondary N) is 1. The van der Waals surface area contributed by atoms with Gasteiger partial charge in [0.2, 0.25) is 5.91 Å². The van der Waals surface area contributed by atoms with Gasteiger partial charge in [-0.1, -0.05) is 6.92 Å². The minimum atomic E-state index is -0.113. The first-order valence-corrected chi connectivity index (χ1v) is 7.88. The summed E-state index contributed by atoms with van der Waals surface area (Å²) in [5, 5.41) is 0. The predicted octanol–water partition coefficient (Wildman–Crippen LogP) is 2.11. The Morgan fingerprint density at radius 3 is 2.81 bits per heavy atom. The quantitative estimate of drug-likeness (QED) is 0.924. The number of aromatic amines is 1. The van der Waals surface area contributed by atoms with Crippen molar-refractivity contribution in [2.24, 2.45) is 0 Å². The Kier molecular flexibility index (Phi) is 5.15. The van der Waals surface area contributed by atoms with Crippen molar-refractivity contribution in [1.29, 1.82) is 0 Å². The van der Waals surface area contributed by atoms with Crippen LogP contribution in [0.5, 0.6) is 0 Å². The highest BCUT2D eigenvalue weighted by molar-refractivity contribution is 5.77. The van der Waals surface area contributed by atoms with Crippen molar-refractivity contribution in [3.05, 3.63) is 27.4 Å². The van der Waals surface area contributed by atoms with Crippen LogP contribution in [0, 0.1) is 13.8 Å². The second-order valence-electron chi connectivity index (χ2n) is 5.86. The number of aromatic nitrogens is 2. The lowest BCUT2D eigenvalue weighted by molar-refractivity contribution is -0.134. The van der Waals surface area contributed by atoms with Crippen molar-refractivity contribution in [2.45, 2.75) is 65.3 Å². The predicted molar refractivity (Wildman–Crippen MR) is 82.3 cm³/mol. The summed E-state index contributed by atoms with van der Waals surface area (Å²) >= 11 is 0. The first-order chi connectivity index (χ1) is 10.0. The monoisotopic (exact) mass is 291 g/mol. The maximum atomic E-state index is 12.4. The van der Waals surface area contributed by atoms with Crippen molar-refractivity contribution in [3.63, 3.8) is 0 Å². The maximum Gasteiger partial charge on any atom is 0.254 e. The number of hydrogen-bond acceptors (Lipinski definition) is 3. The number of carbonyl (C=O) groups is 1. The Labute approximate surface area is 125 Å². The average molecular weight is 291 g/mol.